The normalized spacial score (nSPS) is 14.7. The molecule has 1 atom stereocenters. The number of amides is 2. The lowest BCUT2D eigenvalue weighted by atomic mass is 9.87. The highest BCUT2D eigenvalue weighted by Crippen LogP contribution is 2.36. The van der Waals surface area contributed by atoms with Gasteiger partial charge in [-0.3, -0.25) is 19.8 Å². The maximum Gasteiger partial charge on any atom is 0.242 e. The van der Waals surface area contributed by atoms with Gasteiger partial charge in [0.15, 0.2) is 0 Å². The zero-order valence-electron chi connectivity index (χ0n) is 27.4. The zero-order chi connectivity index (χ0) is 33.3. The number of carbonyl (C=O) groups excluding carboxylic acids is 2. The van der Waals surface area contributed by atoms with Gasteiger partial charge in [-0.15, -0.1) is 0 Å². The molecule has 9 heteroatoms. The molecule has 0 saturated carbocycles. The summed E-state index contributed by atoms with van der Waals surface area (Å²) >= 11 is 0. The third kappa shape index (κ3) is 6.07. The maximum atomic E-state index is 12.6. The number of nitrogens with zero attached hydrogens (tertiary/aromatic N) is 4. The van der Waals surface area contributed by atoms with E-state index in [4.69, 9.17) is 0 Å². The van der Waals surface area contributed by atoms with Crippen molar-refractivity contribution in [2.24, 2.45) is 0 Å². The Morgan fingerprint density at radius 3 is 2.10 bits per heavy atom. The Hall–Kier alpha value is -5.70. The number of benzene rings is 3. The summed E-state index contributed by atoms with van der Waals surface area (Å²) in [6, 6.07) is 34.2. The van der Waals surface area contributed by atoms with Crippen molar-refractivity contribution in [3.8, 4) is 50.7 Å². The number of rotatable bonds is 9. The van der Waals surface area contributed by atoms with Crippen LogP contribution in [0.1, 0.15) is 50.9 Å². The molecule has 3 aromatic heterocycles. The summed E-state index contributed by atoms with van der Waals surface area (Å²) in [5, 5.41) is 17.4. The number of carbonyl (C=O) groups is 2. The second kappa shape index (κ2) is 12.8. The van der Waals surface area contributed by atoms with Gasteiger partial charge in [-0.05, 0) is 76.9 Å². The lowest BCUT2D eigenvalue weighted by molar-refractivity contribution is -0.132. The van der Waals surface area contributed by atoms with Crippen molar-refractivity contribution in [2.45, 2.75) is 45.1 Å². The number of nitrogens with one attached hydrogen (secondary N) is 3. The van der Waals surface area contributed by atoms with Crippen LogP contribution < -0.4 is 5.32 Å². The SMILES string of the molecule is CC(C)(C)c1ccc(-n2c(-c3ccc(-c4cc(C5CCCN5C(=O)CNC=O)[nH]n4)cc3)ccc2-c2ccc(-c3ccn[nH]3)cc2)cc1. The number of likely N-dealkylation sites (tertiary alicyclic amines) is 1. The first-order valence-corrected chi connectivity index (χ1v) is 16.4. The number of hydrogen-bond acceptors (Lipinski definition) is 4. The second-order valence-corrected chi connectivity index (χ2v) is 13.3. The summed E-state index contributed by atoms with van der Waals surface area (Å²) in [7, 11) is 0. The molecule has 1 fully saturated rings. The lowest BCUT2D eigenvalue weighted by Crippen LogP contribution is -2.37. The highest BCUT2D eigenvalue weighted by Gasteiger charge is 2.31. The molecule has 9 nitrogen and oxygen atoms in total. The van der Waals surface area contributed by atoms with Crippen molar-refractivity contribution >= 4 is 12.3 Å². The molecule has 1 unspecified atom stereocenters. The predicted molar refractivity (Wildman–Crippen MR) is 188 cm³/mol. The van der Waals surface area contributed by atoms with E-state index in [9.17, 15) is 9.59 Å². The van der Waals surface area contributed by atoms with Gasteiger partial charge in [-0.1, -0.05) is 81.4 Å². The van der Waals surface area contributed by atoms with Crippen molar-refractivity contribution in [3.63, 3.8) is 0 Å². The van der Waals surface area contributed by atoms with E-state index in [0.717, 1.165) is 69.3 Å². The van der Waals surface area contributed by atoms with Gasteiger partial charge < -0.3 is 14.8 Å². The maximum absolute atomic E-state index is 12.6. The molecule has 242 valence electrons. The lowest BCUT2D eigenvalue weighted by Gasteiger charge is -2.23. The third-order valence-corrected chi connectivity index (χ3v) is 9.21. The molecule has 4 heterocycles. The van der Waals surface area contributed by atoms with Crippen LogP contribution in [0.3, 0.4) is 0 Å². The smallest absolute Gasteiger partial charge is 0.242 e. The molecule has 0 spiro atoms. The standard InChI is InChI=1S/C39H39N7O2/c1-39(2,3)30-14-16-31(17-15-30)46-35(28-10-6-26(7-11-28)32-20-21-41-42-32)18-19-36(46)29-12-8-27(9-13-29)33-23-34(44-43-33)37-5-4-22-45(37)38(48)24-40-25-47/h6-21,23,25,37H,4-5,22,24H2,1-3H3,(H,40,47)(H,41,42)(H,43,44). The predicted octanol–water partition coefficient (Wildman–Crippen LogP) is 7.30. The quantitative estimate of drug-likeness (QED) is 0.145. The average Bonchev–Trinajstić information content (AvgIpc) is 3.94. The average molecular weight is 638 g/mol. The number of aromatic nitrogens is 5. The number of H-pyrrole nitrogens is 2. The van der Waals surface area contributed by atoms with Crippen molar-refractivity contribution in [3.05, 3.63) is 115 Å². The van der Waals surface area contributed by atoms with E-state index in [0.29, 0.717) is 13.0 Å². The number of hydrogen-bond donors (Lipinski definition) is 3. The van der Waals surface area contributed by atoms with E-state index >= 15 is 0 Å². The first-order valence-electron chi connectivity index (χ1n) is 16.4. The number of aromatic amines is 2. The van der Waals surface area contributed by atoms with Crippen LogP contribution in [0.2, 0.25) is 0 Å². The third-order valence-electron chi connectivity index (χ3n) is 9.21. The summed E-state index contributed by atoms with van der Waals surface area (Å²) in [5.74, 6) is -0.0886. The summed E-state index contributed by atoms with van der Waals surface area (Å²) in [4.78, 5) is 25.2. The molecule has 0 aliphatic carbocycles. The van der Waals surface area contributed by atoms with E-state index in [2.05, 4.69) is 136 Å². The molecule has 1 aliphatic heterocycles. The highest BCUT2D eigenvalue weighted by atomic mass is 16.2. The van der Waals surface area contributed by atoms with Crippen molar-refractivity contribution in [2.75, 3.05) is 13.1 Å². The Bertz CT molecular complexity index is 2010. The van der Waals surface area contributed by atoms with Crippen molar-refractivity contribution < 1.29 is 9.59 Å². The molecule has 48 heavy (non-hydrogen) atoms. The summed E-state index contributed by atoms with van der Waals surface area (Å²) in [5.41, 5.74) is 11.6. The Labute approximate surface area is 280 Å². The second-order valence-electron chi connectivity index (χ2n) is 13.3. The van der Waals surface area contributed by atoms with Crippen molar-refractivity contribution in [1.29, 1.82) is 0 Å². The Kier molecular flexibility index (Phi) is 8.27. The molecule has 0 bridgehead atoms. The molecular formula is C39H39N7O2. The molecule has 6 aromatic rings. The van der Waals surface area contributed by atoms with Gasteiger partial charge in [-0.25, -0.2) is 0 Å². The summed E-state index contributed by atoms with van der Waals surface area (Å²) < 4.78 is 2.32. The van der Waals surface area contributed by atoms with E-state index in [-0.39, 0.29) is 23.9 Å². The highest BCUT2D eigenvalue weighted by molar-refractivity contribution is 5.81. The summed E-state index contributed by atoms with van der Waals surface area (Å²) in [6.45, 7) is 7.37. The largest absolute Gasteiger partial charge is 0.350 e. The molecule has 7 rings (SSSR count). The van der Waals surface area contributed by atoms with Crippen LogP contribution in [0.25, 0.3) is 50.7 Å². The van der Waals surface area contributed by atoms with Gasteiger partial charge >= 0.3 is 0 Å². The van der Waals surface area contributed by atoms with Crippen LogP contribution >= 0.6 is 0 Å². The van der Waals surface area contributed by atoms with Crippen LogP contribution in [-0.4, -0.2) is 55.3 Å². The molecule has 3 N–H and O–H groups in total. The Balaban J connectivity index is 1.20. The molecule has 2 amide bonds. The van der Waals surface area contributed by atoms with E-state index in [1.807, 2.05) is 17.0 Å². The molecule has 3 aromatic carbocycles. The minimum Gasteiger partial charge on any atom is -0.350 e. The summed E-state index contributed by atoms with van der Waals surface area (Å²) in [6.07, 6.45) is 4.09. The zero-order valence-corrected chi connectivity index (χ0v) is 27.4. The van der Waals surface area contributed by atoms with Gasteiger partial charge in [-0.2, -0.15) is 10.2 Å². The topological polar surface area (TPSA) is 112 Å². The van der Waals surface area contributed by atoms with Crippen molar-refractivity contribution in [1.82, 2.24) is 35.2 Å². The van der Waals surface area contributed by atoms with E-state index < -0.39 is 0 Å². The minimum absolute atomic E-state index is 0.00310. The monoisotopic (exact) mass is 637 g/mol. The minimum atomic E-state index is -0.0886. The van der Waals surface area contributed by atoms with Crippen LogP contribution in [0, 0.1) is 0 Å². The van der Waals surface area contributed by atoms with Gasteiger partial charge in [0.1, 0.15) is 0 Å². The fraction of sp³-hybridized carbons (Fsp3) is 0.231. The Morgan fingerprint density at radius 2 is 1.50 bits per heavy atom. The fourth-order valence-electron chi connectivity index (χ4n) is 6.60. The van der Waals surface area contributed by atoms with Gasteiger partial charge in [0, 0.05) is 24.0 Å². The van der Waals surface area contributed by atoms with Gasteiger partial charge in [0.2, 0.25) is 12.3 Å². The first-order chi connectivity index (χ1) is 23.3. The van der Waals surface area contributed by atoms with E-state index in [1.165, 1.54) is 5.56 Å². The van der Waals surface area contributed by atoms with Gasteiger partial charge in [0.05, 0.1) is 41.1 Å². The Morgan fingerprint density at radius 1 is 0.854 bits per heavy atom. The van der Waals surface area contributed by atoms with Gasteiger partial charge in [0.25, 0.3) is 0 Å². The first kappa shape index (κ1) is 30.9. The van der Waals surface area contributed by atoms with Crippen LogP contribution in [0.4, 0.5) is 0 Å². The molecular weight excluding hydrogens is 598 g/mol. The van der Waals surface area contributed by atoms with Crippen LogP contribution in [0.15, 0.2) is 103 Å². The van der Waals surface area contributed by atoms with Crippen LogP contribution in [-0.2, 0) is 15.0 Å². The fourth-order valence-corrected chi connectivity index (χ4v) is 6.60. The molecule has 1 saturated heterocycles. The van der Waals surface area contributed by atoms with Crippen LogP contribution in [0.5, 0.6) is 0 Å². The molecule has 1 aliphatic rings. The van der Waals surface area contributed by atoms with E-state index in [1.54, 1.807) is 6.20 Å². The molecule has 0 radical (unpaired) electrons.